The van der Waals surface area contributed by atoms with Crippen LogP contribution in [0.5, 0.6) is 0 Å². The lowest BCUT2D eigenvalue weighted by Crippen LogP contribution is -2.19. The first-order valence-electron chi connectivity index (χ1n) is 6.48. The molecule has 4 nitrogen and oxygen atoms in total. The van der Waals surface area contributed by atoms with Gasteiger partial charge in [0.15, 0.2) is 0 Å². The first kappa shape index (κ1) is 11.5. The predicted molar refractivity (Wildman–Crippen MR) is 67.9 cm³/mol. The highest BCUT2D eigenvalue weighted by Crippen LogP contribution is 2.23. The van der Waals surface area contributed by atoms with E-state index in [9.17, 15) is 4.79 Å². The highest BCUT2D eigenvalue weighted by atomic mass is 16.6. The summed E-state index contributed by atoms with van der Waals surface area (Å²) in [5.41, 5.74) is 2.99. The summed E-state index contributed by atoms with van der Waals surface area (Å²) in [7, 11) is 0. The summed E-state index contributed by atoms with van der Waals surface area (Å²) >= 11 is 0. The van der Waals surface area contributed by atoms with Crippen LogP contribution in [0.1, 0.15) is 28.8 Å². The van der Waals surface area contributed by atoms with Gasteiger partial charge in [-0.15, -0.1) is 0 Å². The Hall–Kier alpha value is -1.55. The molecular formula is C14H17NO3. The second kappa shape index (κ2) is 4.98. The van der Waals surface area contributed by atoms with Crippen LogP contribution in [0.15, 0.2) is 18.2 Å². The molecule has 2 aliphatic heterocycles. The summed E-state index contributed by atoms with van der Waals surface area (Å²) in [6.07, 6.45) is 2.86. The molecule has 0 saturated carbocycles. The number of hydrogen-bond acceptors (Lipinski definition) is 4. The summed E-state index contributed by atoms with van der Waals surface area (Å²) in [5.74, 6) is -0.237. The highest BCUT2D eigenvalue weighted by molar-refractivity contribution is 5.90. The van der Waals surface area contributed by atoms with Gasteiger partial charge in [-0.1, -0.05) is 0 Å². The maximum absolute atomic E-state index is 12.0. The van der Waals surface area contributed by atoms with Crippen LogP contribution in [0.4, 0.5) is 5.69 Å². The van der Waals surface area contributed by atoms with Crippen molar-refractivity contribution in [1.29, 1.82) is 0 Å². The van der Waals surface area contributed by atoms with Crippen molar-refractivity contribution < 1.29 is 14.3 Å². The van der Waals surface area contributed by atoms with E-state index in [1.54, 1.807) is 0 Å². The molecule has 1 unspecified atom stereocenters. The molecule has 0 spiro atoms. The van der Waals surface area contributed by atoms with Gasteiger partial charge in [0.2, 0.25) is 0 Å². The number of anilines is 1. The van der Waals surface area contributed by atoms with Gasteiger partial charge >= 0.3 is 5.97 Å². The summed E-state index contributed by atoms with van der Waals surface area (Å²) < 4.78 is 10.6. The second-order valence-corrected chi connectivity index (χ2v) is 4.79. The molecule has 1 aromatic carbocycles. The third-order valence-corrected chi connectivity index (χ3v) is 3.44. The topological polar surface area (TPSA) is 47.6 Å². The van der Waals surface area contributed by atoms with E-state index >= 15 is 0 Å². The van der Waals surface area contributed by atoms with Crippen molar-refractivity contribution in [2.24, 2.45) is 0 Å². The number of carbonyl (C=O) groups excluding carboxylic acids is 1. The Kier molecular flexibility index (Phi) is 3.19. The molecule has 1 fully saturated rings. The van der Waals surface area contributed by atoms with Gasteiger partial charge in [-0.2, -0.15) is 0 Å². The molecule has 3 rings (SSSR count). The average molecular weight is 247 g/mol. The van der Waals surface area contributed by atoms with Crippen LogP contribution in [-0.2, 0) is 15.9 Å². The van der Waals surface area contributed by atoms with Gasteiger partial charge in [0.1, 0.15) is 6.10 Å². The number of hydrogen-bond donors (Lipinski definition) is 1. The minimum absolute atomic E-state index is 0.0772. The molecule has 1 aromatic rings. The zero-order valence-electron chi connectivity index (χ0n) is 10.3. The third-order valence-electron chi connectivity index (χ3n) is 3.44. The van der Waals surface area contributed by atoms with Crippen molar-refractivity contribution in [2.75, 3.05) is 25.1 Å². The maximum atomic E-state index is 12.0. The number of nitrogens with one attached hydrogen (secondary N) is 1. The third kappa shape index (κ3) is 2.34. The van der Waals surface area contributed by atoms with E-state index in [1.807, 2.05) is 18.2 Å². The Balaban J connectivity index is 1.73. The summed E-state index contributed by atoms with van der Waals surface area (Å²) in [6.45, 7) is 2.22. The number of aryl methyl sites for hydroxylation is 1. The van der Waals surface area contributed by atoms with Gasteiger partial charge in [-0.05, 0) is 36.6 Å². The quantitative estimate of drug-likeness (QED) is 0.812. The Bertz CT molecular complexity index is 452. The van der Waals surface area contributed by atoms with E-state index in [-0.39, 0.29) is 12.1 Å². The Morgan fingerprint density at radius 1 is 1.44 bits per heavy atom. The standard InChI is InChI=1S/C14H17NO3/c16-14(18-12-5-7-17-9-12)11-3-4-13-10(8-11)2-1-6-15-13/h3-4,8,12,15H,1-2,5-7,9H2. The minimum atomic E-state index is -0.237. The van der Waals surface area contributed by atoms with Crippen LogP contribution in [0.3, 0.4) is 0 Å². The van der Waals surface area contributed by atoms with Crippen LogP contribution < -0.4 is 5.32 Å². The molecule has 1 N–H and O–H groups in total. The van der Waals surface area contributed by atoms with Crippen molar-refractivity contribution in [1.82, 2.24) is 0 Å². The van der Waals surface area contributed by atoms with Crippen molar-refractivity contribution in [3.63, 3.8) is 0 Å². The van der Waals surface area contributed by atoms with E-state index in [4.69, 9.17) is 9.47 Å². The van der Waals surface area contributed by atoms with E-state index in [2.05, 4.69) is 5.32 Å². The zero-order valence-corrected chi connectivity index (χ0v) is 10.3. The Morgan fingerprint density at radius 2 is 2.39 bits per heavy atom. The summed E-state index contributed by atoms with van der Waals surface area (Å²) in [5, 5.41) is 3.33. The molecule has 0 aliphatic carbocycles. The molecule has 4 heteroatoms. The molecule has 1 atom stereocenters. The highest BCUT2D eigenvalue weighted by Gasteiger charge is 2.21. The largest absolute Gasteiger partial charge is 0.456 e. The normalized spacial score (nSPS) is 22.1. The fourth-order valence-corrected chi connectivity index (χ4v) is 2.43. The van der Waals surface area contributed by atoms with Crippen LogP contribution >= 0.6 is 0 Å². The number of esters is 1. The van der Waals surface area contributed by atoms with Crippen LogP contribution in [0, 0.1) is 0 Å². The SMILES string of the molecule is O=C(OC1CCOC1)c1ccc2c(c1)CCCN2. The lowest BCUT2D eigenvalue weighted by molar-refractivity contribution is 0.0270. The number of rotatable bonds is 2. The number of fused-ring (bicyclic) bond motifs is 1. The van der Waals surface area contributed by atoms with Crippen LogP contribution in [-0.4, -0.2) is 31.8 Å². The summed E-state index contributed by atoms with van der Waals surface area (Å²) in [4.78, 5) is 12.0. The van der Waals surface area contributed by atoms with Gasteiger partial charge in [0, 0.05) is 18.7 Å². The molecule has 0 bridgehead atoms. The zero-order chi connectivity index (χ0) is 12.4. The van der Waals surface area contributed by atoms with E-state index in [1.165, 1.54) is 5.56 Å². The van der Waals surface area contributed by atoms with Gasteiger partial charge in [-0.25, -0.2) is 4.79 Å². The molecule has 96 valence electrons. The smallest absolute Gasteiger partial charge is 0.338 e. The van der Waals surface area contributed by atoms with E-state index in [0.717, 1.165) is 31.5 Å². The first-order chi connectivity index (χ1) is 8.83. The fraction of sp³-hybridized carbons (Fsp3) is 0.500. The van der Waals surface area contributed by atoms with Crippen molar-refractivity contribution >= 4 is 11.7 Å². The minimum Gasteiger partial charge on any atom is -0.456 e. The lowest BCUT2D eigenvalue weighted by Gasteiger charge is -2.18. The molecule has 2 aliphatic rings. The van der Waals surface area contributed by atoms with Gasteiger partial charge in [-0.3, -0.25) is 0 Å². The predicted octanol–water partition coefficient (Wildman–Crippen LogP) is 1.99. The van der Waals surface area contributed by atoms with E-state index < -0.39 is 0 Å². The van der Waals surface area contributed by atoms with Crippen LogP contribution in [0.2, 0.25) is 0 Å². The molecule has 1 saturated heterocycles. The molecule has 0 radical (unpaired) electrons. The average Bonchev–Trinajstić information content (AvgIpc) is 2.91. The fourth-order valence-electron chi connectivity index (χ4n) is 2.43. The van der Waals surface area contributed by atoms with E-state index in [0.29, 0.717) is 18.8 Å². The van der Waals surface area contributed by atoms with Gasteiger partial charge < -0.3 is 14.8 Å². The number of ether oxygens (including phenoxy) is 2. The monoisotopic (exact) mass is 247 g/mol. The number of benzene rings is 1. The Labute approximate surface area is 106 Å². The maximum Gasteiger partial charge on any atom is 0.338 e. The molecular weight excluding hydrogens is 230 g/mol. The molecule has 18 heavy (non-hydrogen) atoms. The van der Waals surface area contributed by atoms with Crippen molar-refractivity contribution in [3.05, 3.63) is 29.3 Å². The van der Waals surface area contributed by atoms with Crippen LogP contribution in [0.25, 0.3) is 0 Å². The van der Waals surface area contributed by atoms with Gasteiger partial charge in [0.05, 0.1) is 18.8 Å². The van der Waals surface area contributed by atoms with Crippen molar-refractivity contribution in [3.8, 4) is 0 Å². The molecule has 2 heterocycles. The second-order valence-electron chi connectivity index (χ2n) is 4.79. The number of carbonyl (C=O) groups is 1. The molecule has 0 aromatic heterocycles. The van der Waals surface area contributed by atoms with Crippen molar-refractivity contribution in [2.45, 2.75) is 25.4 Å². The van der Waals surface area contributed by atoms with Gasteiger partial charge in [0.25, 0.3) is 0 Å². The summed E-state index contributed by atoms with van der Waals surface area (Å²) in [6, 6.07) is 5.74. The Morgan fingerprint density at radius 3 is 3.22 bits per heavy atom. The first-order valence-corrected chi connectivity index (χ1v) is 6.48. The lowest BCUT2D eigenvalue weighted by atomic mass is 10.0. The molecule has 0 amide bonds.